The Labute approximate surface area is 95.1 Å². The summed E-state index contributed by atoms with van der Waals surface area (Å²) in [5.41, 5.74) is 0.0218. The summed E-state index contributed by atoms with van der Waals surface area (Å²) in [6.07, 6.45) is -0.490. The summed E-state index contributed by atoms with van der Waals surface area (Å²) in [7, 11) is 0. The number of hydrogen-bond donors (Lipinski definition) is 1. The highest BCUT2D eigenvalue weighted by Crippen LogP contribution is 2.20. The Morgan fingerprint density at radius 1 is 1.35 bits per heavy atom. The van der Waals surface area contributed by atoms with Gasteiger partial charge in [-0.15, -0.1) is 0 Å². The lowest BCUT2D eigenvalue weighted by Gasteiger charge is -2.04. The lowest BCUT2D eigenvalue weighted by Crippen LogP contribution is -2.05. The molecule has 1 N–H and O–H groups in total. The van der Waals surface area contributed by atoms with Crippen LogP contribution in [0.3, 0.4) is 0 Å². The minimum absolute atomic E-state index is 0.0106. The van der Waals surface area contributed by atoms with Crippen LogP contribution >= 0.6 is 0 Å². The van der Waals surface area contributed by atoms with Gasteiger partial charge in [0.1, 0.15) is 0 Å². The van der Waals surface area contributed by atoms with E-state index in [1.54, 1.807) is 12.1 Å². The van der Waals surface area contributed by atoms with Gasteiger partial charge in [-0.2, -0.15) is 5.10 Å². The molecule has 1 heterocycles. The number of benzene rings is 1. The van der Waals surface area contributed by atoms with E-state index in [-0.39, 0.29) is 16.8 Å². The van der Waals surface area contributed by atoms with E-state index in [2.05, 4.69) is 5.10 Å². The molecule has 0 aliphatic carbocycles. The third kappa shape index (κ3) is 2.15. The Hall–Kier alpha value is -2.24. The lowest BCUT2D eigenvalue weighted by molar-refractivity contribution is 0.0696. The smallest absolute Gasteiger partial charge is 0.337 e. The molecule has 0 unspecified atom stereocenters. The minimum atomic E-state index is -2.62. The Morgan fingerprint density at radius 3 is 2.65 bits per heavy atom. The molecule has 88 valence electrons. The van der Waals surface area contributed by atoms with Gasteiger partial charge in [0.15, 0.2) is 0 Å². The number of carbonyl (C=O) groups is 1. The molecule has 0 aliphatic rings. The summed E-state index contributed by atoms with van der Waals surface area (Å²) in [5, 5.41) is 12.7. The Kier molecular flexibility index (Phi) is 2.86. The number of carboxylic acids is 1. The lowest BCUT2D eigenvalue weighted by atomic mass is 10.2. The van der Waals surface area contributed by atoms with Crippen molar-refractivity contribution in [2.24, 2.45) is 0 Å². The second-order valence-corrected chi connectivity index (χ2v) is 3.34. The van der Waals surface area contributed by atoms with Crippen molar-refractivity contribution >= 4 is 5.97 Å². The van der Waals surface area contributed by atoms with E-state index in [0.29, 0.717) is 0 Å². The molecule has 2 rings (SSSR count). The van der Waals surface area contributed by atoms with Crippen LogP contribution in [-0.2, 0) is 0 Å². The van der Waals surface area contributed by atoms with Crippen molar-refractivity contribution in [1.82, 2.24) is 9.78 Å². The molecule has 0 bridgehead atoms. The van der Waals surface area contributed by atoms with Gasteiger partial charge in [-0.25, -0.2) is 18.3 Å². The summed E-state index contributed by atoms with van der Waals surface area (Å²) in [5.74, 6) is -1.13. The van der Waals surface area contributed by atoms with E-state index in [0.717, 1.165) is 17.1 Å². The van der Waals surface area contributed by atoms with E-state index < -0.39 is 12.4 Å². The van der Waals surface area contributed by atoms with Crippen LogP contribution in [0, 0.1) is 0 Å². The molecule has 0 amide bonds. The molecule has 0 aliphatic heterocycles. The average Bonchev–Trinajstić information content (AvgIpc) is 2.78. The Balaban J connectivity index is 2.49. The monoisotopic (exact) mass is 238 g/mol. The zero-order chi connectivity index (χ0) is 12.4. The van der Waals surface area contributed by atoms with Crippen LogP contribution in [-0.4, -0.2) is 20.9 Å². The number of hydrogen-bond acceptors (Lipinski definition) is 2. The van der Waals surface area contributed by atoms with Gasteiger partial charge in [-0.05, 0) is 12.1 Å². The van der Waals surface area contributed by atoms with E-state index in [1.165, 1.54) is 12.1 Å². The summed E-state index contributed by atoms with van der Waals surface area (Å²) in [6, 6.07) is 6.07. The van der Waals surface area contributed by atoms with Crippen LogP contribution in [0.15, 0.2) is 36.7 Å². The number of alkyl halides is 2. The maximum Gasteiger partial charge on any atom is 0.337 e. The fourth-order valence-corrected chi connectivity index (χ4v) is 1.44. The highest BCUT2D eigenvalue weighted by atomic mass is 19.3. The first-order valence-electron chi connectivity index (χ1n) is 4.75. The molecule has 2 aromatic rings. The molecule has 0 atom stereocenters. The molecule has 0 saturated heterocycles. The van der Waals surface area contributed by atoms with Crippen molar-refractivity contribution in [3.8, 4) is 5.69 Å². The second kappa shape index (κ2) is 4.32. The standard InChI is InChI=1S/C11H8F2N2O2/c12-10(13)7-5-14-15(6-7)9-4-2-1-3-8(9)11(16)17/h1-6,10H,(H,16,17). The third-order valence-corrected chi connectivity index (χ3v) is 2.24. The zero-order valence-electron chi connectivity index (χ0n) is 8.55. The van der Waals surface area contributed by atoms with Crippen molar-refractivity contribution in [1.29, 1.82) is 0 Å². The quantitative estimate of drug-likeness (QED) is 0.893. The maximum absolute atomic E-state index is 12.4. The fraction of sp³-hybridized carbons (Fsp3) is 0.0909. The number of carboxylic acid groups (broad SMARTS) is 1. The Morgan fingerprint density at radius 2 is 2.06 bits per heavy atom. The first kappa shape index (κ1) is 11.3. The van der Waals surface area contributed by atoms with Crippen molar-refractivity contribution < 1.29 is 18.7 Å². The molecule has 1 aromatic carbocycles. The van der Waals surface area contributed by atoms with E-state index in [4.69, 9.17) is 5.11 Å². The first-order chi connectivity index (χ1) is 8.09. The topological polar surface area (TPSA) is 55.1 Å². The molecule has 0 radical (unpaired) electrons. The number of nitrogens with zero attached hydrogens (tertiary/aromatic N) is 2. The van der Waals surface area contributed by atoms with Crippen LogP contribution in [0.2, 0.25) is 0 Å². The van der Waals surface area contributed by atoms with Crippen molar-refractivity contribution in [3.63, 3.8) is 0 Å². The van der Waals surface area contributed by atoms with Crippen LogP contribution in [0.25, 0.3) is 5.69 Å². The zero-order valence-corrected chi connectivity index (χ0v) is 8.55. The minimum Gasteiger partial charge on any atom is -0.478 e. The summed E-state index contributed by atoms with van der Waals surface area (Å²) < 4.78 is 25.9. The molecular formula is C11H8F2N2O2. The number of aromatic carboxylic acids is 1. The highest BCUT2D eigenvalue weighted by molar-refractivity contribution is 5.91. The molecule has 17 heavy (non-hydrogen) atoms. The predicted molar refractivity (Wildman–Crippen MR) is 55.5 cm³/mol. The maximum atomic E-state index is 12.4. The van der Waals surface area contributed by atoms with E-state index >= 15 is 0 Å². The van der Waals surface area contributed by atoms with Gasteiger partial charge >= 0.3 is 5.97 Å². The number of aromatic nitrogens is 2. The molecule has 1 aromatic heterocycles. The summed E-state index contributed by atoms with van der Waals surface area (Å²) in [4.78, 5) is 10.9. The number of rotatable bonds is 3. The first-order valence-corrected chi connectivity index (χ1v) is 4.75. The number of halogens is 2. The van der Waals surface area contributed by atoms with Gasteiger partial charge in [0.05, 0.1) is 23.0 Å². The van der Waals surface area contributed by atoms with Crippen LogP contribution in [0.4, 0.5) is 8.78 Å². The normalized spacial score (nSPS) is 10.8. The summed E-state index contributed by atoms with van der Waals surface area (Å²) in [6.45, 7) is 0. The SMILES string of the molecule is O=C(O)c1ccccc1-n1cc(C(F)F)cn1. The van der Waals surface area contributed by atoms with Crippen molar-refractivity contribution in [3.05, 3.63) is 47.8 Å². The molecule has 6 heteroatoms. The van der Waals surface area contributed by atoms with Crippen molar-refractivity contribution in [2.75, 3.05) is 0 Å². The van der Waals surface area contributed by atoms with Gasteiger partial charge in [0.25, 0.3) is 6.43 Å². The van der Waals surface area contributed by atoms with Gasteiger partial charge in [-0.3, -0.25) is 0 Å². The van der Waals surface area contributed by atoms with Crippen LogP contribution in [0.5, 0.6) is 0 Å². The predicted octanol–water partition coefficient (Wildman–Crippen LogP) is 2.51. The fourth-order valence-electron chi connectivity index (χ4n) is 1.44. The van der Waals surface area contributed by atoms with E-state index in [1.807, 2.05) is 0 Å². The van der Waals surface area contributed by atoms with E-state index in [9.17, 15) is 13.6 Å². The molecule has 0 spiro atoms. The highest BCUT2D eigenvalue weighted by Gasteiger charge is 2.14. The van der Waals surface area contributed by atoms with Gasteiger partial charge in [0, 0.05) is 6.20 Å². The second-order valence-electron chi connectivity index (χ2n) is 3.34. The van der Waals surface area contributed by atoms with Crippen LogP contribution in [0.1, 0.15) is 22.3 Å². The molecule has 0 saturated carbocycles. The van der Waals surface area contributed by atoms with Crippen molar-refractivity contribution in [2.45, 2.75) is 6.43 Å². The molecule has 0 fully saturated rings. The molecular weight excluding hydrogens is 230 g/mol. The third-order valence-electron chi connectivity index (χ3n) is 2.24. The number of para-hydroxylation sites is 1. The van der Waals surface area contributed by atoms with Gasteiger partial charge in [0.2, 0.25) is 0 Å². The summed E-state index contributed by atoms with van der Waals surface area (Å²) >= 11 is 0. The molecule has 4 nitrogen and oxygen atoms in total. The van der Waals surface area contributed by atoms with Crippen LogP contribution < -0.4 is 0 Å². The van der Waals surface area contributed by atoms with Gasteiger partial charge in [-0.1, -0.05) is 12.1 Å². The van der Waals surface area contributed by atoms with Gasteiger partial charge < -0.3 is 5.11 Å². The average molecular weight is 238 g/mol. The largest absolute Gasteiger partial charge is 0.478 e. The Bertz CT molecular complexity index is 552.